The summed E-state index contributed by atoms with van der Waals surface area (Å²) in [6.07, 6.45) is 1.92. The second-order valence-corrected chi connectivity index (χ2v) is 6.19. The lowest BCUT2D eigenvalue weighted by Crippen LogP contribution is -2.51. The van der Waals surface area contributed by atoms with Crippen LogP contribution in [-0.4, -0.2) is 62.4 Å². The molecule has 1 atom stereocenters. The van der Waals surface area contributed by atoms with Crippen molar-refractivity contribution in [3.05, 3.63) is 29.3 Å². The average Bonchev–Trinajstić information content (AvgIpc) is 3.03. The SMILES string of the molecule is Cc1cc(C)n2c(CN3CCN4C(=O)NCC4C3)cnc2n1. The Morgan fingerprint density at radius 3 is 3.09 bits per heavy atom. The number of urea groups is 1. The molecule has 2 amide bonds. The van der Waals surface area contributed by atoms with Gasteiger partial charge in [0.1, 0.15) is 0 Å². The van der Waals surface area contributed by atoms with E-state index in [1.54, 1.807) is 0 Å². The number of carbonyl (C=O) groups is 1. The first-order valence-electron chi connectivity index (χ1n) is 7.69. The quantitative estimate of drug-likeness (QED) is 0.880. The van der Waals surface area contributed by atoms with E-state index in [0.29, 0.717) is 6.04 Å². The molecule has 22 heavy (non-hydrogen) atoms. The van der Waals surface area contributed by atoms with Crippen LogP contribution in [0.1, 0.15) is 17.1 Å². The summed E-state index contributed by atoms with van der Waals surface area (Å²) in [5.74, 6) is 0.767. The van der Waals surface area contributed by atoms with E-state index in [4.69, 9.17) is 0 Å². The number of carbonyl (C=O) groups excluding carboxylic acids is 1. The lowest BCUT2D eigenvalue weighted by molar-refractivity contribution is 0.115. The van der Waals surface area contributed by atoms with Crippen molar-refractivity contribution in [2.75, 3.05) is 26.2 Å². The van der Waals surface area contributed by atoms with Gasteiger partial charge >= 0.3 is 6.03 Å². The smallest absolute Gasteiger partial charge is 0.317 e. The van der Waals surface area contributed by atoms with Crippen molar-refractivity contribution in [2.45, 2.75) is 26.4 Å². The lowest BCUT2D eigenvalue weighted by Gasteiger charge is -2.36. The number of aromatic nitrogens is 3. The number of amides is 2. The van der Waals surface area contributed by atoms with E-state index in [-0.39, 0.29) is 6.03 Å². The molecular weight excluding hydrogens is 280 g/mol. The van der Waals surface area contributed by atoms with Gasteiger partial charge in [0.15, 0.2) is 0 Å². The molecule has 2 aromatic heterocycles. The fourth-order valence-electron chi connectivity index (χ4n) is 3.55. The number of rotatable bonds is 2. The van der Waals surface area contributed by atoms with Gasteiger partial charge in [-0.2, -0.15) is 0 Å². The second-order valence-electron chi connectivity index (χ2n) is 6.19. The molecule has 4 rings (SSSR count). The van der Waals surface area contributed by atoms with Gasteiger partial charge in [0, 0.05) is 44.1 Å². The highest BCUT2D eigenvalue weighted by Gasteiger charge is 2.35. The average molecular weight is 300 g/mol. The van der Waals surface area contributed by atoms with Crippen LogP contribution in [0.25, 0.3) is 5.78 Å². The summed E-state index contributed by atoms with van der Waals surface area (Å²) < 4.78 is 2.12. The highest BCUT2D eigenvalue weighted by molar-refractivity contribution is 5.77. The summed E-state index contributed by atoms with van der Waals surface area (Å²) in [4.78, 5) is 24.9. The van der Waals surface area contributed by atoms with Crippen LogP contribution in [-0.2, 0) is 6.54 Å². The molecule has 0 radical (unpaired) electrons. The number of piperazine rings is 1. The Labute approximate surface area is 128 Å². The molecule has 0 spiro atoms. The number of nitrogens with one attached hydrogen (secondary N) is 1. The van der Waals surface area contributed by atoms with Crippen LogP contribution in [0.2, 0.25) is 0 Å². The van der Waals surface area contributed by atoms with Gasteiger partial charge in [-0.15, -0.1) is 0 Å². The summed E-state index contributed by atoms with van der Waals surface area (Å²) in [7, 11) is 0. The Morgan fingerprint density at radius 2 is 2.23 bits per heavy atom. The number of hydrogen-bond donors (Lipinski definition) is 1. The largest absolute Gasteiger partial charge is 0.336 e. The molecular formula is C15H20N6O. The van der Waals surface area contributed by atoms with E-state index in [2.05, 4.69) is 37.6 Å². The summed E-state index contributed by atoms with van der Waals surface area (Å²) in [6.45, 7) is 8.27. The Morgan fingerprint density at radius 1 is 1.36 bits per heavy atom. The summed E-state index contributed by atoms with van der Waals surface area (Å²) in [5.41, 5.74) is 3.31. The molecule has 2 aliphatic heterocycles. The van der Waals surface area contributed by atoms with Gasteiger partial charge < -0.3 is 10.2 Å². The van der Waals surface area contributed by atoms with Crippen molar-refractivity contribution in [2.24, 2.45) is 0 Å². The molecule has 7 heteroatoms. The summed E-state index contributed by atoms with van der Waals surface area (Å²) >= 11 is 0. The summed E-state index contributed by atoms with van der Waals surface area (Å²) in [5, 5.41) is 2.92. The molecule has 1 unspecified atom stereocenters. The predicted octanol–water partition coefficient (Wildman–Crippen LogP) is 0.556. The van der Waals surface area contributed by atoms with Crippen LogP contribution < -0.4 is 5.32 Å². The van der Waals surface area contributed by atoms with Crippen LogP contribution in [0.4, 0.5) is 4.79 Å². The van der Waals surface area contributed by atoms with E-state index in [9.17, 15) is 4.79 Å². The van der Waals surface area contributed by atoms with Crippen LogP contribution >= 0.6 is 0 Å². The topological polar surface area (TPSA) is 65.8 Å². The molecule has 2 fully saturated rings. The third-order valence-corrected chi connectivity index (χ3v) is 4.57. The zero-order valence-electron chi connectivity index (χ0n) is 12.9. The van der Waals surface area contributed by atoms with E-state index in [0.717, 1.165) is 55.6 Å². The molecule has 116 valence electrons. The third-order valence-electron chi connectivity index (χ3n) is 4.57. The number of fused-ring (bicyclic) bond motifs is 2. The fourth-order valence-corrected chi connectivity index (χ4v) is 3.55. The molecule has 2 aromatic rings. The Kier molecular flexibility index (Phi) is 3.04. The number of aryl methyl sites for hydroxylation is 2. The standard InChI is InChI=1S/C15H20N6O/c1-10-5-11(2)21-13(7-16-14(21)18-10)9-19-3-4-20-12(8-19)6-17-15(20)22/h5,7,12H,3-4,6,8-9H2,1-2H3,(H,17,22). The third kappa shape index (κ3) is 2.12. The first-order chi connectivity index (χ1) is 10.6. The van der Waals surface area contributed by atoms with Gasteiger partial charge in [-0.3, -0.25) is 9.30 Å². The maximum Gasteiger partial charge on any atom is 0.317 e. The molecule has 2 aliphatic rings. The van der Waals surface area contributed by atoms with Crippen molar-refractivity contribution in [3.63, 3.8) is 0 Å². The van der Waals surface area contributed by atoms with Crippen molar-refractivity contribution >= 4 is 11.8 Å². The maximum atomic E-state index is 11.7. The van der Waals surface area contributed by atoms with Crippen molar-refractivity contribution in [1.29, 1.82) is 0 Å². The van der Waals surface area contributed by atoms with Gasteiger partial charge in [-0.1, -0.05) is 0 Å². The number of imidazole rings is 1. The van der Waals surface area contributed by atoms with Crippen LogP contribution in [0, 0.1) is 13.8 Å². The second kappa shape index (κ2) is 4.95. The van der Waals surface area contributed by atoms with E-state index >= 15 is 0 Å². The molecule has 0 saturated carbocycles. The molecule has 7 nitrogen and oxygen atoms in total. The molecule has 0 aromatic carbocycles. The zero-order valence-corrected chi connectivity index (χ0v) is 12.9. The van der Waals surface area contributed by atoms with Crippen LogP contribution in [0.5, 0.6) is 0 Å². The predicted molar refractivity (Wildman–Crippen MR) is 81.6 cm³/mol. The highest BCUT2D eigenvalue weighted by Crippen LogP contribution is 2.18. The molecule has 0 bridgehead atoms. The number of hydrogen-bond acceptors (Lipinski definition) is 4. The fraction of sp³-hybridized carbons (Fsp3) is 0.533. The highest BCUT2D eigenvalue weighted by atomic mass is 16.2. The first-order valence-corrected chi connectivity index (χ1v) is 7.69. The van der Waals surface area contributed by atoms with E-state index in [1.165, 1.54) is 0 Å². The lowest BCUT2D eigenvalue weighted by atomic mass is 10.2. The van der Waals surface area contributed by atoms with Crippen LogP contribution in [0.3, 0.4) is 0 Å². The minimum absolute atomic E-state index is 0.0787. The van der Waals surface area contributed by atoms with E-state index < -0.39 is 0 Å². The maximum absolute atomic E-state index is 11.7. The summed E-state index contributed by atoms with van der Waals surface area (Å²) in [6, 6.07) is 2.45. The molecule has 1 N–H and O–H groups in total. The Balaban J connectivity index is 1.56. The first kappa shape index (κ1) is 13.5. The minimum Gasteiger partial charge on any atom is -0.336 e. The Hall–Kier alpha value is -2.15. The van der Waals surface area contributed by atoms with Gasteiger partial charge in [0.05, 0.1) is 17.9 Å². The van der Waals surface area contributed by atoms with Gasteiger partial charge in [-0.05, 0) is 19.9 Å². The van der Waals surface area contributed by atoms with Crippen LogP contribution in [0.15, 0.2) is 12.3 Å². The molecule has 0 aliphatic carbocycles. The van der Waals surface area contributed by atoms with Gasteiger partial charge in [-0.25, -0.2) is 14.8 Å². The molecule has 2 saturated heterocycles. The molecule has 4 heterocycles. The van der Waals surface area contributed by atoms with Crippen molar-refractivity contribution in [1.82, 2.24) is 29.5 Å². The van der Waals surface area contributed by atoms with Gasteiger partial charge in [0.25, 0.3) is 0 Å². The van der Waals surface area contributed by atoms with Crippen molar-refractivity contribution in [3.8, 4) is 0 Å². The Bertz CT molecular complexity index is 739. The monoisotopic (exact) mass is 300 g/mol. The van der Waals surface area contributed by atoms with E-state index in [1.807, 2.05) is 18.0 Å². The zero-order chi connectivity index (χ0) is 15.3. The van der Waals surface area contributed by atoms with Crippen molar-refractivity contribution < 1.29 is 4.79 Å². The van der Waals surface area contributed by atoms with Gasteiger partial charge in [0.2, 0.25) is 5.78 Å². The normalized spacial score (nSPS) is 22.2. The minimum atomic E-state index is 0.0787. The number of nitrogens with zero attached hydrogens (tertiary/aromatic N) is 5.